The number of pyridine rings is 1. The van der Waals surface area contributed by atoms with Gasteiger partial charge in [0.05, 0.1) is 31.5 Å². The minimum atomic E-state index is -0.634. The number of benzene rings is 1. The Labute approximate surface area is 164 Å². The topological polar surface area (TPSA) is 110 Å². The third kappa shape index (κ3) is 4.58. The molecule has 0 unspecified atom stereocenters. The number of fused-ring (bicyclic) bond motifs is 1. The number of morpholine rings is 1. The highest BCUT2D eigenvalue weighted by Crippen LogP contribution is 2.32. The van der Waals surface area contributed by atoms with E-state index in [1.54, 1.807) is 12.4 Å². The lowest BCUT2D eigenvalue weighted by atomic mass is 10.1. The van der Waals surface area contributed by atoms with Gasteiger partial charge in [-0.05, 0) is 24.1 Å². The van der Waals surface area contributed by atoms with Gasteiger partial charge in [-0.2, -0.15) is 0 Å². The molecule has 1 aliphatic heterocycles. The van der Waals surface area contributed by atoms with Gasteiger partial charge in [0.15, 0.2) is 0 Å². The molecule has 1 fully saturated rings. The van der Waals surface area contributed by atoms with Gasteiger partial charge in [-0.3, -0.25) is 14.6 Å². The molecular weight excluding hydrogens is 358 g/mol. The normalized spacial score (nSPS) is 15.5. The third-order valence-electron chi connectivity index (χ3n) is 4.87. The van der Waals surface area contributed by atoms with Crippen LogP contribution in [-0.4, -0.2) is 55.7 Å². The molecule has 3 rings (SSSR count). The molecule has 1 saturated heterocycles. The highest BCUT2D eigenvalue weighted by atomic mass is 16.5. The van der Waals surface area contributed by atoms with Crippen molar-refractivity contribution in [1.29, 1.82) is 0 Å². The van der Waals surface area contributed by atoms with Crippen molar-refractivity contribution in [3.63, 3.8) is 0 Å². The number of carbonyl (C=O) groups excluding carboxylic acids is 2. The maximum Gasteiger partial charge on any atom is 0.243 e. The van der Waals surface area contributed by atoms with Crippen LogP contribution < -0.4 is 21.3 Å². The van der Waals surface area contributed by atoms with Crippen LogP contribution in [0.4, 0.5) is 11.4 Å². The molecule has 150 valence electrons. The number of amides is 2. The SMILES string of the molecule is CC(C)[C@H](N)C(=O)NCC(=O)Nc1ccc(N2CCOCC2)c2ccncc12. The average molecular weight is 385 g/mol. The van der Waals surface area contributed by atoms with Crippen molar-refractivity contribution >= 4 is 34.0 Å². The number of nitrogens with two attached hydrogens (primary N) is 1. The molecule has 0 bridgehead atoms. The predicted octanol–water partition coefficient (Wildman–Crippen LogP) is 1.11. The summed E-state index contributed by atoms with van der Waals surface area (Å²) in [5.41, 5.74) is 7.55. The molecule has 8 heteroatoms. The number of hydrogen-bond donors (Lipinski definition) is 3. The molecule has 8 nitrogen and oxygen atoms in total. The lowest BCUT2D eigenvalue weighted by Crippen LogP contribution is -2.46. The van der Waals surface area contributed by atoms with E-state index in [1.807, 2.05) is 32.0 Å². The van der Waals surface area contributed by atoms with Crippen LogP contribution in [0.5, 0.6) is 0 Å². The molecule has 0 aliphatic carbocycles. The van der Waals surface area contributed by atoms with Crippen molar-refractivity contribution in [2.24, 2.45) is 11.7 Å². The number of nitrogens with one attached hydrogen (secondary N) is 2. The lowest BCUT2D eigenvalue weighted by molar-refractivity contribution is -0.125. The summed E-state index contributed by atoms with van der Waals surface area (Å²) in [6.07, 6.45) is 3.48. The van der Waals surface area contributed by atoms with Crippen LogP contribution in [0.2, 0.25) is 0 Å². The molecule has 0 spiro atoms. The molecule has 4 N–H and O–H groups in total. The van der Waals surface area contributed by atoms with E-state index in [4.69, 9.17) is 10.5 Å². The van der Waals surface area contributed by atoms with Gasteiger partial charge in [0.1, 0.15) is 0 Å². The number of aromatic nitrogens is 1. The number of hydrogen-bond acceptors (Lipinski definition) is 6. The fourth-order valence-electron chi connectivity index (χ4n) is 3.15. The van der Waals surface area contributed by atoms with E-state index in [9.17, 15) is 9.59 Å². The molecule has 1 atom stereocenters. The predicted molar refractivity (Wildman–Crippen MR) is 109 cm³/mol. The van der Waals surface area contributed by atoms with Gasteiger partial charge in [-0.25, -0.2) is 0 Å². The summed E-state index contributed by atoms with van der Waals surface area (Å²) in [6, 6.07) is 5.18. The van der Waals surface area contributed by atoms with Crippen LogP contribution in [0.1, 0.15) is 13.8 Å². The Hall–Kier alpha value is -2.71. The fraction of sp³-hybridized carbons (Fsp3) is 0.450. The molecule has 1 aromatic heterocycles. The van der Waals surface area contributed by atoms with Crippen molar-refractivity contribution < 1.29 is 14.3 Å². The van der Waals surface area contributed by atoms with Crippen molar-refractivity contribution in [2.45, 2.75) is 19.9 Å². The molecule has 0 radical (unpaired) electrons. The number of nitrogens with zero attached hydrogens (tertiary/aromatic N) is 2. The van der Waals surface area contributed by atoms with Gasteiger partial charge in [0.25, 0.3) is 0 Å². The summed E-state index contributed by atoms with van der Waals surface area (Å²) >= 11 is 0. The zero-order valence-electron chi connectivity index (χ0n) is 16.3. The number of ether oxygens (including phenoxy) is 1. The second kappa shape index (κ2) is 8.99. The zero-order chi connectivity index (χ0) is 20.1. The van der Waals surface area contributed by atoms with Crippen molar-refractivity contribution in [1.82, 2.24) is 10.3 Å². The minimum Gasteiger partial charge on any atom is -0.378 e. The molecule has 2 heterocycles. The lowest BCUT2D eigenvalue weighted by Gasteiger charge is -2.30. The summed E-state index contributed by atoms with van der Waals surface area (Å²) in [5, 5.41) is 7.31. The molecule has 0 saturated carbocycles. The fourth-order valence-corrected chi connectivity index (χ4v) is 3.15. The van der Waals surface area contributed by atoms with Crippen molar-refractivity contribution in [2.75, 3.05) is 43.1 Å². The van der Waals surface area contributed by atoms with Crippen LogP contribution in [0.3, 0.4) is 0 Å². The second-order valence-corrected chi connectivity index (χ2v) is 7.19. The Morgan fingerprint density at radius 2 is 1.96 bits per heavy atom. The minimum absolute atomic E-state index is 0.00538. The van der Waals surface area contributed by atoms with Crippen LogP contribution in [0.25, 0.3) is 10.8 Å². The summed E-state index contributed by atoms with van der Waals surface area (Å²) in [4.78, 5) is 30.7. The Morgan fingerprint density at radius 1 is 1.21 bits per heavy atom. The monoisotopic (exact) mass is 385 g/mol. The van der Waals surface area contributed by atoms with Gasteiger partial charge >= 0.3 is 0 Å². The highest BCUT2D eigenvalue weighted by molar-refractivity contribution is 6.07. The van der Waals surface area contributed by atoms with E-state index in [0.717, 1.165) is 29.5 Å². The summed E-state index contributed by atoms with van der Waals surface area (Å²) in [7, 11) is 0. The second-order valence-electron chi connectivity index (χ2n) is 7.19. The first-order valence-electron chi connectivity index (χ1n) is 9.50. The van der Waals surface area contributed by atoms with Crippen molar-refractivity contribution in [3.8, 4) is 0 Å². The van der Waals surface area contributed by atoms with Gasteiger partial charge < -0.3 is 26.0 Å². The van der Waals surface area contributed by atoms with E-state index in [2.05, 4.69) is 20.5 Å². The number of anilines is 2. The molecule has 2 amide bonds. The van der Waals surface area contributed by atoms with E-state index in [1.165, 1.54) is 0 Å². The first-order valence-corrected chi connectivity index (χ1v) is 9.50. The van der Waals surface area contributed by atoms with E-state index < -0.39 is 6.04 Å². The highest BCUT2D eigenvalue weighted by Gasteiger charge is 2.19. The molecule has 28 heavy (non-hydrogen) atoms. The smallest absolute Gasteiger partial charge is 0.243 e. The Balaban J connectivity index is 1.73. The maximum absolute atomic E-state index is 12.3. The summed E-state index contributed by atoms with van der Waals surface area (Å²) in [5.74, 6) is -0.640. The average Bonchev–Trinajstić information content (AvgIpc) is 2.72. The molecule has 2 aromatic rings. The van der Waals surface area contributed by atoms with E-state index in [0.29, 0.717) is 18.9 Å². The van der Waals surface area contributed by atoms with Gasteiger partial charge in [0, 0.05) is 41.9 Å². The standard InChI is InChI=1S/C20H27N5O3/c1-13(2)19(21)20(27)23-12-18(26)24-16-3-4-17(25-7-9-28-10-8-25)14-5-6-22-11-15(14)16/h3-6,11,13,19H,7-10,12,21H2,1-2H3,(H,23,27)(H,24,26)/t19-/m0/s1. The first-order chi connectivity index (χ1) is 13.5. The van der Waals surface area contributed by atoms with E-state index in [-0.39, 0.29) is 24.3 Å². The molecular formula is C20H27N5O3. The number of carbonyl (C=O) groups is 2. The Morgan fingerprint density at radius 3 is 2.68 bits per heavy atom. The van der Waals surface area contributed by atoms with E-state index >= 15 is 0 Å². The summed E-state index contributed by atoms with van der Waals surface area (Å²) in [6.45, 7) is 6.63. The quantitative estimate of drug-likeness (QED) is 0.687. The van der Waals surface area contributed by atoms with Gasteiger partial charge in [-0.15, -0.1) is 0 Å². The molecule has 1 aliphatic rings. The molecule has 1 aromatic carbocycles. The maximum atomic E-state index is 12.3. The van der Waals surface area contributed by atoms with Crippen LogP contribution in [0.15, 0.2) is 30.6 Å². The van der Waals surface area contributed by atoms with Gasteiger partial charge in [-0.1, -0.05) is 13.8 Å². The van der Waals surface area contributed by atoms with Crippen molar-refractivity contribution in [3.05, 3.63) is 30.6 Å². The summed E-state index contributed by atoms with van der Waals surface area (Å²) < 4.78 is 5.43. The zero-order valence-corrected chi connectivity index (χ0v) is 16.3. The number of rotatable bonds is 6. The largest absolute Gasteiger partial charge is 0.378 e. The Bertz CT molecular complexity index is 849. The third-order valence-corrected chi connectivity index (χ3v) is 4.87. The van der Waals surface area contributed by atoms with Crippen LogP contribution in [-0.2, 0) is 14.3 Å². The van der Waals surface area contributed by atoms with Gasteiger partial charge in [0.2, 0.25) is 11.8 Å². The Kier molecular flexibility index (Phi) is 6.43. The van der Waals surface area contributed by atoms with Crippen LogP contribution in [0, 0.1) is 5.92 Å². The first kappa shape index (κ1) is 20.0. The van der Waals surface area contributed by atoms with Crippen LogP contribution >= 0.6 is 0 Å².